The Balaban J connectivity index is 2.23. The van der Waals surface area contributed by atoms with E-state index in [1.807, 2.05) is 5.32 Å². The number of benzene rings is 2. The van der Waals surface area contributed by atoms with E-state index in [4.69, 9.17) is 11.6 Å². The molecule has 1 N–H and O–H groups in total. The Bertz CT molecular complexity index is 954. The minimum atomic E-state index is -4.04. The van der Waals surface area contributed by atoms with Gasteiger partial charge in [0, 0.05) is 11.6 Å². The summed E-state index contributed by atoms with van der Waals surface area (Å²) in [5.41, 5.74) is -0.587. The van der Waals surface area contributed by atoms with Crippen LogP contribution in [-0.2, 0) is 14.8 Å². The van der Waals surface area contributed by atoms with Gasteiger partial charge in [0.1, 0.15) is 0 Å². The first kappa shape index (κ1) is 21.2. The zero-order valence-corrected chi connectivity index (χ0v) is 15.7. The summed E-state index contributed by atoms with van der Waals surface area (Å²) in [5.74, 6) is -5.60. The standard InChI is InChI=1S/C17H16ClF3N2O3S/c1-2-8-23(27(25,26)12-5-3-4-11(18)9-12)10-15(24)22-14-7-6-13(19)16(20)17(14)21/h3-7,9H,2,8,10H2,1H3,(H,22,24). The van der Waals surface area contributed by atoms with Crippen molar-refractivity contribution in [3.05, 3.63) is 58.9 Å². The Morgan fingerprint density at radius 2 is 1.85 bits per heavy atom. The molecule has 0 saturated carbocycles. The molecule has 0 fully saturated rings. The Morgan fingerprint density at radius 1 is 1.15 bits per heavy atom. The molecule has 0 spiro atoms. The number of hydrogen-bond donors (Lipinski definition) is 1. The fourth-order valence-corrected chi connectivity index (χ4v) is 4.07. The van der Waals surface area contributed by atoms with Crippen molar-refractivity contribution < 1.29 is 26.4 Å². The minimum absolute atomic E-state index is 0.0164. The molecule has 10 heteroatoms. The first-order valence-electron chi connectivity index (χ1n) is 7.86. The number of amides is 1. The summed E-state index contributed by atoms with van der Waals surface area (Å²) < 4.78 is 66.2. The summed E-state index contributed by atoms with van der Waals surface area (Å²) in [6.07, 6.45) is 0.409. The summed E-state index contributed by atoms with van der Waals surface area (Å²) in [6.45, 7) is 1.09. The van der Waals surface area contributed by atoms with E-state index in [1.54, 1.807) is 6.92 Å². The molecule has 0 heterocycles. The molecule has 0 saturated heterocycles. The van der Waals surface area contributed by atoms with Gasteiger partial charge < -0.3 is 5.32 Å². The number of carbonyl (C=O) groups is 1. The molecule has 1 amide bonds. The van der Waals surface area contributed by atoms with Crippen molar-refractivity contribution >= 4 is 33.2 Å². The number of carbonyl (C=O) groups excluding carboxylic acids is 1. The number of nitrogens with one attached hydrogen (secondary N) is 1. The second kappa shape index (κ2) is 8.73. The number of anilines is 1. The lowest BCUT2D eigenvalue weighted by atomic mass is 10.2. The Morgan fingerprint density at radius 3 is 2.48 bits per heavy atom. The van der Waals surface area contributed by atoms with Crippen molar-refractivity contribution in [2.24, 2.45) is 0 Å². The van der Waals surface area contributed by atoms with Crippen LogP contribution in [0.1, 0.15) is 13.3 Å². The Labute approximate surface area is 159 Å². The molecule has 2 aromatic carbocycles. The highest BCUT2D eigenvalue weighted by molar-refractivity contribution is 7.89. The van der Waals surface area contributed by atoms with E-state index < -0.39 is 45.6 Å². The monoisotopic (exact) mass is 420 g/mol. The van der Waals surface area contributed by atoms with Gasteiger partial charge in [0.25, 0.3) is 0 Å². The van der Waals surface area contributed by atoms with Crippen LogP contribution in [0.3, 0.4) is 0 Å². The van der Waals surface area contributed by atoms with E-state index in [2.05, 4.69) is 0 Å². The molecule has 0 aliphatic heterocycles. The van der Waals surface area contributed by atoms with Gasteiger partial charge in [-0.1, -0.05) is 24.6 Å². The van der Waals surface area contributed by atoms with E-state index >= 15 is 0 Å². The molecule has 2 aromatic rings. The lowest BCUT2D eigenvalue weighted by molar-refractivity contribution is -0.116. The average molecular weight is 421 g/mol. The highest BCUT2D eigenvalue weighted by Crippen LogP contribution is 2.22. The molecular formula is C17H16ClF3N2O3S. The molecule has 0 aliphatic carbocycles. The fraction of sp³-hybridized carbons (Fsp3) is 0.235. The third-order valence-corrected chi connectivity index (χ3v) is 5.61. The van der Waals surface area contributed by atoms with Gasteiger partial charge in [-0.25, -0.2) is 21.6 Å². The van der Waals surface area contributed by atoms with E-state index in [0.717, 1.165) is 10.4 Å². The SMILES string of the molecule is CCCN(CC(=O)Nc1ccc(F)c(F)c1F)S(=O)(=O)c1cccc(Cl)c1. The maximum atomic E-state index is 13.7. The lowest BCUT2D eigenvalue weighted by Gasteiger charge is -2.21. The number of sulfonamides is 1. The summed E-state index contributed by atoms with van der Waals surface area (Å²) in [4.78, 5) is 12.1. The van der Waals surface area contributed by atoms with Gasteiger partial charge in [-0.05, 0) is 36.8 Å². The fourth-order valence-electron chi connectivity index (χ4n) is 2.28. The van der Waals surface area contributed by atoms with E-state index in [-0.39, 0.29) is 16.5 Å². The molecule has 27 heavy (non-hydrogen) atoms. The molecule has 0 atom stereocenters. The van der Waals surface area contributed by atoms with Crippen LogP contribution < -0.4 is 5.32 Å². The van der Waals surface area contributed by atoms with Crippen LogP contribution in [0.5, 0.6) is 0 Å². The van der Waals surface area contributed by atoms with Gasteiger partial charge in [-0.3, -0.25) is 4.79 Å². The second-order valence-corrected chi connectivity index (χ2v) is 7.94. The predicted octanol–water partition coefficient (Wildman–Crippen LogP) is 3.80. The zero-order chi connectivity index (χ0) is 20.2. The molecule has 0 bridgehead atoms. The molecule has 0 unspecified atom stereocenters. The van der Waals surface area contributed by atoms with Gasteiger partial charge in [-0.2, -0.15) is 4.31 Å². The van der Waals surface area contributed by atoms with E-state index in [9.17, 15) is 26.4 Å². The summed E-state index contributed by atoms with van der Waals surface area (Å²) >= 11 is 5.82. The van der Waals surface area contributed by atoms with Gasteiger partial charge in [0.2, 0.25) is 15.9 Å². The maximum absolute atomic E-state index is 13.7. The third-order valence-electron chi connectivity index (χ3n) is 3.54. The smallest absolute Gasteiger partial charge is 0.243 e. The van der Waals surface area contributed by atoms with Crippen molar-refractivity contribution in [1.29, 1.82) is 0 Å². The number of nitrogens with zero attached hydrogens (tertiary/aromatic N) is 1. The van der Waals surface area contributed by atoms with Gasteiger partial charge in [0.05, 0.1) is 17.1 Å². The largest absolute Gasteiger partial charge is 0.322 e. The number of rotatable bonds is 7. The molecule has 0 radical (unpaired) electrons. The van der Waals surface area contributed by atoms with E-state index in [1.165, 1.54) is 24.3 Å². The lowest BCUT2D eigenvalue weighted by Crippen LogP contribution is -2.38. The molecule has 0 aliphatic rings. The number of halogens is 4. The quantitative estimate of drug-likeness (QED) is 0.693. The van der Waals surface area contributed by atoms with Gasteiger partial charge in [0.15, 0.2) is 17.5 Å². The topological polar surface area (TPSA) is 66.5 Å². The third kappa shape index (κ3) is 5.00. The predicted molar refractivity (Wildman–Crippen MR) is 95.4 cm³/mol. The summed E-state index contributed by atoms with van der Waals surface area (Å²) in [7, 11) is -4.04. The molecule has 2 rings (SSSR count). The van der Waals surface area contributed by atoms with Gasteiger partial charge in [-0.15, -0.1) is 0 Å². The zero-order valence-electron chi connectivity index (χ0n) is 14.2. The van der Waals surface area contributed by atoms with Gasteiger partial charge >= 0.3 is 0 Å². The molecule has 146 valence electrons. The summed E-state index contributed by atoms with van der Waals surface area (Å²) in [6, 6.07) is 7.03. The van der Waals surface area contributed by atoms with Crippen molar-refractivity contribution in [3.63, 3.8) is 0 Å². The van der Waals surface area contributed by atoms with Crippen molar-refractivity contribution in [2.45, 2.75) is 18.2 Å². The second-order valence-electron chi connectivity index (χ2n) is 5.57. The molecule has 0 aromatic heterocycles. The van der Waals surface area contributed by atoms with Crippen LogP contribution in [0.15, 0.2) is 41.3 Å². The Hall–Kier alpha value is -2.10. The van der Waals surface area contributed by atoms with Crippen molar-refractivity contribution in [2.75, 3.05) is 18.4 Å². The van der Waals surface area contributed by atoms with Crippen LogP contribution in [0, 0.1) is 17.5 Å². The summed E-state index contributed by atoms with van der Waals surface area (Å²) in [5, 5.41) is 2.26. The normalized spacial score (nSPS) is 11.6. The number of hydrogen-bond acceptors (Lipinski definition) is 3. The Kier molecular flexibility index (Phi) is 6.85. The van der Waals surface area contributed by atoms with Crippen LogP contribution in [0.25, 0.3) is 0 Å². The average Bonchev–Trinajstić information content (AvgIpc) is 2.62. The maximum Gasteiger partial charge on any atom is 0.243 e. The van der Waals surface area contributed by atoms with Crippen LogP contribution in [-0.4, -0.2) is 31.7 Å². The minimum Gasteiger partial charge on any atom is -0.322 e. The highest BCUT2D eigenvalue weighted by Gasteiger charge is 2.27. The first-order valence-corrected chi connectivity index (χ1v) is 9.67. The van der Waals surface area contributed by atoms with Crippen LogP contribution in [0.2, 0.25) is 5.02 Å². The van der Waals surface area contributed by atoms with E-state index in [0.29, 0.717) is 12.5 Å². The molecule has 5 nitrogen and oxygen atoms in total. The molecular weight excluding hydrogens is 405 g/mol. The van der Waals surface area contributed by atoms with Crippen LogP contribution in [0.4, 0.5) is 18.9 Å². The van der Waals surface area contributed by atoms with Crippen LogP contribution >= 0.6 is 11.6 Å². The highest BCUT2D eigenvalue weighted by atomic mass is 35.5. The van der Waals surface area contributed by atoms with Crippen molar-refractivity contribution in [3.8, 4) is 0 Å². The first-order chi connectivity index (χ1) is 12.7. The van der Waals surface area contributed by atoms with Crippen molar-refractivity contribution in [1.82, 2.24) is 4.31 Å².